The van der Waals surface area contributed by atoms with E-state index in [0.29, 0.717) is 11.6 Å². The second-order valence-corrected chi connectivity index (χ2v) is 10.4. The number of fused-ring (bicyclic) bond motifs is 3. The van der Waals surface area contributed by atoms with E-state index < -0.39 is 23.1 Å². The lowest BCUT2D eigenvalue weighted by Gasteiger charge is -2.31. The van der Waals surface area contributed by atoms with Crippen LogP contribution >= 0.6 is 0 Å². The zero-order valence-electron chi connectivity index (χ0n) is 22.8. The first kappa shape index (κ1) is 27.2. The van der Waals surface area contributed by atoms with E-state index in [1.807, 2.05) is 24.5 Å². The van der Waals surface area contributed by atoms with Crippen molar-refractivity contribution in [3.05, 3.63) is 100 Å². The number of benzene rings is 2. The van der Waals surface area contributed by atoms with Gasteiger partial charge < -0.3 is 14.8 Å². The van der Waals surface area contributed by atoms with Crippen LogP contribution in [0.15, 0.2) is 66.2 Å². The van der Waals surface area contributed by atoms with Gasteiger partial charge >= 0.3 is 0 Å². The molecule has 1 atom stereocenters. The first-order valence-electron chi connectivity index (χ1n) is 13.6. The summed E-state index contributed by atoms with van der Waals surface area (Å²) in [5.74, 6) is 3.39. The van der Waals surface area contributed by atoms with Gasteiger partial charge in [-0.05, 0) is 62.3 Å². The summed E-state index contributed by atoms with van der Waals surface area (Å²) in [6.45, 7) is 1.99. The topological polar surface area (TPSA) is 97.9 Å². The molecule has 1 aliphatic rings. The zero-order chi connectivity index (χ0) is 29.2. The number of halogens is 2. The lowest BCUT2D eigenvalue weighted by atomic mass is 10.0. The number of nitrogens with zero attached hydrogens (tertiary/aromatic N) is 6. The number of hydrogen-bond acceptors (Lipinski definition) is 6. The van der Waals surface area contributed by atoms with Crippen LogP contribution in [0, 0.1) is 23.5 Å². The molecule has 0 radical (unpaired) electrons. The molecule has 9 nitrogen and oxygen atoms in total. The molecule has 1 saturated heterocycles. The van der Waals surface area contributed by atoms with Gasteiger partial charge in [0.1, 0.15) is 11.1 Å². The van der Waals surface area contributed by atoms with Gasteiger partial charge in [-0.15, -0.1) is 0 Å². The number of likely N-dealkylation sites (N-methyl/N-ethyl adjacent to an activating group) is 1. The average molecular weight is 568 g/mol. The second kappa shape index (κ2) is 11.5. The molecule has 0 bridgehead atoms. The second-order valence-electron chi connectivity index (χ2n) is 10.4. The van der Waals surface area contributed by atoms with Crippen molar-refractivity contribution in [1.82, 2.24) is 34.3 Å². The van der Waals surface area contributed by atoms with E-state index in [1.54, 1.807) is 6.20 Å². The highest BCUT2D eigenvalue weighted by molar-refractivity contribution is 6.02. The number of piperidine rings is 1. The van der Waals surface area contributed by atoms with Crippen LogP contribution < -0.4 is 10.9 Å². The summed E-state index contributed by atoms with van der Waals surface area (Å²) in [6, 6.07) is 9.47. The molecule has 5 aromatic rings. The summed E-state index contributed by atoms with van der Waals surface area (Å²) in [5.41, 5.74) is 3.06. The van der Waals surface area contributed by atoms with E-state index in [0.717, 1.165) is 70.1 Å². The number of likely N-dealkylation sites (tertiary alicyclic amines) is 1. The van der Waals surface area contributed by atoms with Gasteiger partial charge in [0.15, 0.2) is 11.6 Å². The van der Waals surface area contributed by atoms with Crippen molar-refractivity contribution >= 4 is 27.8 Å². The van der Waals surface area contributed by atoms with Crippen molar-refractivity contribution in [2.75, 3.05) is 26.7 Å². The predicted molar refractivity (Wildman–Crippen MR) is 154 cm³/mol. The molecule has 1 N–H and O–H groups in total. The highest BCUT2D eigenvalue weighted by Gasteiger charge is 2.21. The molecule has 1 aliphatic heterocycles. The number of imidazole rings is 1. The molecule has 0 spiro atoms. The van der Waals surface area contributed by atoms with Crippen LogP contribution in [0.1, 0.15) is 40.4 Å². The minimum atomic E-state index is -1.02. The molecule has 212 valence electrons. The van der Waals surface area contributed by atoms with E-state index >= 15 is 0 Å². The third-order valence-corrected chi connectivity index (χ3v) is 7.45. The first-order chi connectivity index (χ1) is 20.4. The quantitative estimate of drug-likeness (QED) is 0.327. The van der Waals surface area contributed by atoms with Crippen LogP contribution in [0.3, 0.4) is 0 Å². The molecular weight excluding hydrogens is 540 g/mol. The van der Waals surface area contributed by atoms with Gasteiger partial charge in [-0.2, -0.15) is 0 Å². The monoisotopic (exact) mass is 567 g/mol. The van der Waals surface area contributed by atoms with Crippen LogP contribution in [-0.2, 0) is 6.54 Å². The van der Waals surface area contributed by atoms with Crippen LogP contribution in [0.25, 0.3) is 21.9 Å². The molecule has 6 rings (SSSR count). The van der Waals surface area contributed by atoms with Gasteiger partial charge in [0, 0.05) is 29.7 Å². The Balaban J connectivity index is 1.18. The molecular formula is C31H27F2N7O2. The maximum atomic E-state index is 13.6. The maximum absolute atomic E-state index is 13.6. The van der Waals surface area contributed by atoms with E-state index in [2.05, 4.69) is 48.6 Å². The minimum Gasteiger partial charge on any atom is -0.341 e. The van der Waals surface area contributed by atoms with Crippen LogP contribution in [-0.4, -0.2) is 61.6 Å². The number of carbonyl (C=O) groups is 1. The SMILES string of the molecule is CN1CCC[C@@H](n2cnc3cnc4ccc(C#CCNC(=O)c5cncn(Cc6ccc(F)c(F)c6)c5=O)cc4c32)C1. The number of aromatic nitrogens is 5. The van der Waals surface area contributed by atoms with E-state index in [4.69, 9.17) is 0 Å². The van der Waals surface area contributed by atoms with Gasteiger partial charge in [-0.25, -0.2) is 18.7 Å². The van der Waals surface area contributed by atoms with Gasteiger partial charge in [-0.3, -0.25) is 19.1 Å². The summed E-state index contributed by atoms with van der Waals surface area (Å²) in [4.78, 5) is 41.0. The molecule has 0 aliphatic carbocycles. The normalized spacial score (nSPS) is 15.5. The number of hydrogen-bond donors (Lipinski definition) is 1. The van der Waals surface area contributed by atoms with Crippen molar-refractivity contribution < 1.29 is 13.6 Å². The number of amides is 1. The Morgan fingerprint density at radius 1 is 1.07 bits per heavy atom. The third kappa shape index (κ3) is 5.49. The van der Waals surface area contributed by atoms with Gasteiger partial charge in [-0.1, -0.05) is 17.9 Å². The minimum absolute atomic E-state index is 0.00314. The predicted octanol–water partition coefficient (Wildman–Crippen LogP) is 3.52. The first-order valence-corrected chi connectivity index (χ1v) is 13.6. The molecule has 1 fully saturated rings. The highest BCUT2D eigenvalue weighted by atomic mass is 19.2. The molecule has 1 amide bonds. The smallest absolute Gasteiger partial charge is 0.266 e. The van der Waals surface area contributed by atoms with Crippen molar-refractivity contribution in [2.24, 2.45) is 0 Å². The summed E-state index contributed by atoms with van der Waals surface area (Å²) >= 11 is 0. The van der Waals surface area contributed by atoms with Gasteiger partial charge in [0.2, 0.25) is 0 Å². The maximum Gasteiger partial charge on any atom is 0.266 e. The van der Waals surface area contributed by atoms with E-state index in [1.165, 1.54) is 18.6 Å². The number of rotatable bonds is 5. The van der Waals surface area contributed by atoms with Crippen molar-refractivity contribution in [3.8, 4) is 11.8 Å². The molecule has 3 aromatic heterocycles. The number of carbonyl (C=O) groups excluding carboxylic acids is 1. The molecule has 11 heteroatoms. The van der Waals surface area contributed by atoms with Crippen LogP contribution in [0.2, 0.25) is 0 Å². The Labute approximate surface area is 239 Å². The summed E-state index contributed by atoms with van der Waals surface area (Å²) in [6.07, 6.45) is 8.32. The molecule has 0 saturated carbocycles. The molecule has 0 unspecified atom stereocenters. The molecule has 42 heavy (non-hydrogen) atoms. The Morgan fingerprint density at radius 2 is 1.95 bits per heavy atom. The lowest BCUT2D eigenvalue weighted by molar-refractivity contribution is 0.0956. The average Bonchev–Trinajstić information content (AvgIpc) is 3.43. The van der Waals surface area contributed by atoms with Gasteiger partial charge in [0.25, 0.3) is 11.5 Å². The summed E-state index contributed by atoms with van der Waals surface area (Å²) < 4.78 is 30.2. The van der Waals surface area contributed by atoms with E-state index in [9.17, 15) is 18.4 Å². The standard InChI is InChI=1S/C31H27F2N7O2/c1-38-11-3-5-22(17-38)40-19-37-28-15-36-27-9-7-20(12-23(27)29(28)40)4-2-10-35-30(41)24-14-34-18-39(31(24)42)16-21-6-8-25(32)26(33)13-21/h6-9,12-15,18-19,22H,3,5,10-11,16-17H2,1H3,(H,35,41)/t22-/m1/s1. The Bertz CT molecular complexity index is 1940. The summed E-state index contributed by atoms with van der Waals surface area (Å²) in [5, 5.41) is 3.59. The van der Waals surface area contributed by atoms with Crippen molar-refractivity contribution in [2.45, 2.75) is 25.4 Å². The Hall–Kier alpha value is -4.95. The summed E-state index contributed by atoms with van der Waals surface area (Å²) in [7, 11) is 2.14. The number of pyridine rings is 1. The van der Waals surface area contributed by atoms with Crippen molar-refractivity contribution in [1.29, 1.82) is 0 Å². The van der Waals surface area contributed by atoms with Crippen molar-refractivity contribution in [3.63, 3.8) is 0 Å². The zero-order valence-corrected chi connectivity index (χ0v) is 22.8. The number of nitrogens with one attached hydrogen (secondary N) is 1. The fraction of sp³-hybridized carbons (Fsp3) is 0.258. The fourth-order valence-corrected chi connectivity index (χ4v) is 5.36. The largest absolute Gasteiger partial charge is 0.341 e. The van der Waals surface area contributed by atoms with Gasteiger partial charge in [0.05, 0.1) is 43.0 Å². The molecule has 2 aromatic carbocycles. The third-order valence-electron chi connectivity index (χ3n) is 7.45. The fourth-order valence-electron chi connectivity index (χ4n) is 5.36. The Kier molecular flexibility index (Phi) is 7.46. The molecule has 4 heterocycles. The lowest BCUT2D eigenvalue weighted by Crippen LogP contribution is -2.33. The van der Waals surface area contributed by atoms with E-state index in [-0.39, 0.29) is 18.7 Å². The highest BCUT2D eigenvalue weighted by Crippen LogP contribution is 2.29. The van der Waals surface area contributed by atoms with Crippen LogP contribution in [0.5, 0.6) is 0 Å². The Morgan fingerprint density at radius 3 is 2.79 bits per heavy atom. The van der Waals surface area contributed by atoms with Crippen LogP contribution in [0.4, 0.5) is 8.78 Å².